The Morgan fingerprint density at radius 3 is 2.10 bits per heavy atom. The number of nitrogens with zero attached hydrogens (tertiary/aromatic N) is 3. The molecule has 0 saturated carbocycles. The molecule has 2 N–H and O–H groups in total. The number of carbonyl (C=O) groups is 1. The molecule has 0 fully saturated rings. The largest absolute Gasteiger partial charge is 0.416 e. The van der Waals surface area contributed by atoms with Crippen LogP contribution in [0.5, 0.6) is 0 Å². The Labute approximate surface area is 171 Å². The maximum absolute atomic E-state index is 12.6. The molecule has 0 aliphatic heterocycles. The van der Waals surface area contributed by atoms with E-state index in [4.69, 9.17) is 0 Å². The van der Waals surface area contributed by atoms with Gasteiger partial charge in [-0.2, -0.15) is 13.2 Å². The summed E-state index contributed by atoms with van der Waals surface area (Å²) in [7, 11) is 3.78. The van der Waals surface area contributed by atoms with Crippen molar-refractivity contribution in [3.05, 3.63) is 71.5 Å². The van der Waals surface area contributed by atoms with Crippen molar-refractivity contribution in [3.8, 4) is 0 Å². The number of carbonyl (C=O) groups excluding carboxylic acids is 1. The van der Waals surface area contributed by atoms with Crippen LogP contribution < -0.4 is 15.5 Å². The molecule has 3 aromatic rings. The van der Waals surface area contributed by atoms with Crippen LogP contribution in [-0.2, 0) is 6.18 Å². The van der Waals surface area contributed by atoms with Gasteiger partial charge in [0.1, 0.15) is 17.5 Å². The Hall–Kier alpha value is -3.62. The summed E-state index contributed by atoms with van der Waals surface area (Å²) in [6.45, 7) is 1.80. The van der Waals surface area contributed by atoms with E-state index in [0.717, 1.165) is 35.8 Å². The Bertz CT molecular complexity index is 1030. The number of aromatic nitrogens is 2. The highest BCUT2D eigenvalue weighted by Crippen LogP contribution is 2.29. The lowest BCUT2D eigenvalue weighted by molar-refractivity contribution is -0.137. The van der Waals surface area contributed by atoms with E-state index in [0.29, 0.717) is 17.3 Å². The van der Waals surface area contributed by atoms with E-state index in [1.807, 2.05) is 25.1 Å². The van der Waals surface area contributed by atoms with Crippen molar-refractivity contribution in [1.82, 2.24) is 9.97 Å². The van der Waals surface area contributed by atoms with Gasteiger partial charge in [-0.05, 0) is 55.5 Å². The predicted octanol–water partition coefficient (Wildman–Crippen LogP) is 4.87. The number of anilines is 4. The van der Waals surface area contributed by atoms with Gasteiger partial charge in [0.2, 0.25) is 0 Å². The summed E-state index contributed by atoms with van der Waals surface area (Å²) >= 11 is 0. The van der Waals surface area contributed by atoms with Gasteiger partial charge >= 0.3 is 6.18 Å². The summed E-state index contributed by atoms with van der Waals surface area (Å²) in [5, 5.41) is 5.84. The molecular formula is C21H20F3N5O. The van der Waals surface area contributed by atoms with Crippen LogP contribution in [-0.4, -0.2) is 30.0 Å². The molecule has 6 nitrogen and oxygen atoms in total. The summed E-state index contributed by atoms with van der Waals surface area (Å²) in [5.74, 6) is 1.54. The van der Waals surface area contributed by atoms with E-state index in [2.05, 4.69) is 20.6 Å². The molecule has 156 valence electrons. The molecule has 3 rings (SSSR count). The van der Waals surface area contributed by atoms with Gasteiger partial charge in [-0.3, -0.25) is 4.79 Å². The number of nitrogens with one attached hydrogen (secondary N) is 2. The number of rotatable bonds is 5. The maximum Gasteiger partial charge on any atom is 0.416 e. The van der Waals surface area contributed by atoms with E-state index in [1.54, 1.807) is 31.2 Å². The Kier molecular flexibility index (Phi) is 5.91. The number of aryl methyl sites for hydroxylation is 1. The molecule has 0 bridgehead atoms. The van der Waals surface area contributed by atoms with Crippen LogP contribution in [0.3, 0.4) is 0 Å². The molecule has 0 unspecified atom stereocenters. The molecule has 0 atom stereocenters. The molecule has 1 amide bonds. The standard InChI is InChI=1S/C21H20F3N5O/c1-13-25-18(12-19(26-13)29(2)3)27-16-8-10-17(11-9-16)28-20(30)14-4-6-15(7-5-14)21(22,23)24/h4-12H,1-3H3,(H,28,30)(H,25,26,27). The molecule has 30 heavy (non-hydrogen) atoms. The van der Waals surface area contributed by atoms with Gasteiger partial charge in [0.15, 0.2) is 0 Å². The fourth-order valence-electron chi connectivity index (χ4n) is 2.64. The number of hydrogen-bond acceptors (Lipinski definition) is 5. The van der Waals surface area contributed by atoms with Crippen molar-refractivity contribution in [2.75, 3.05) is 29.6 Å². The molecule has 1 heterocycles. The van der Waals surface area contributed by atoms with Gasteiger partial charge < -0.3 is 15.5 Å². The summed E-state index contributed by atoms with van der Waals surface area (Å²) in [6, 6.07) is 12.8. The van der Waals surface area contributed by atoms with Crippen LogP contribution in [0, 0.1) is 6.92 Å². The zero-order valence-electron chi connectivity index (χ0n) is 16.6. The van der Waals surface area contributed by atoms with E-state index in [1.165, 1.54) is 0 Å². The third-order valence-electron chi connectivity index (χ3n) is 4.17. The van der Waals surface area contributed by atoms with Gasteiger partial charge in [-0.15, -0.1) is 0 Å². The fraction of sp³-hybridized carbons (Fsp3) is 0.190. The molecule has 0 aliphatic rings. The van der Waals surface area contributed by atoms with Gasteiger partial charge in [-0.25, -0.2) is 9.97 Å². The highest BCUT2D eigenvalue weighted by atomic mass is 19.4. The second-order valence-corrected chi connectivity index (χ2v) is 6.78. The summed E-state index contributed by atoms with van der Waals surface area (Å²) in [5.41, 5.74) is 0.605. The normalized spacial score (nSPS) is 11.1. The maximum atomic E-state index is 12.6. The SMILES string of the molecule is Cc1nc(Nc2ccc(NC(=O)c3ccc(C(F)(F)F)cc3)cc2)cc(N(C)C)n1. The smallest absolute Gasteiger partial charge is 0.363 e. The minimum Gasteiger partial charge on any atom is -0.363 e. The summed E-state index contributed by atoms with van der Waals surface area (Å²) in [6.07, 6.45) is -4.44. The second kappa shape index (κ2) is 8.40. The van der Waals surface area contributed by atoms with Gasteiger partial charge in [0.05, 0.1) is 5.56 Å². The zero-order valence-corrected chi connectivity index (χ0v) is 16.6. The summed E-state index contributed by atoms with van der Waals surface area (Å²) in [4.78, 5) is 22.8. The van der Waals surface area contributed by atoms with Crippen LogP contribution in [0.2, 0.25) is 0 Å². The van der Waals surface area contributed by atoms with E-state index in [9.17, 15) is 18.0 Å². The Balaban J connectivity index is 1.67. The minimum absolute atomic E-state index is 0.137. The fourth-order valence-corrected chi connectivity index (χ4v) is 2.64. The van der Waals surface area contributed by atoms with Crippen molar-refractivity contribution in [1.29, 1.82) is 0 Å². The molecular weight excluding hydrogens is 395 g/mol. The van der Waals surface area contributed by atoms with Gasteiger partial charge in [0, 0.05) is 37.1 Å². The van der Waals surface area contributed by atoms with Crippen LogP contribution >= 0.6 is 0 Å². The lowest BCUT2D eigenvalue weighted by Gasteiger charge is -2.14. The molecule has 0 saturated heterocycles. The topological polar surface area (TPSA) is 70.2 Å². The van der Waals surface area contributed by atoms with Gasteiger partial charge in [0.25, 0.3) is 5.91 Å². The average Bonchev–Trinajstić information content (AvgIpc) is 2.68. The number of amides is 1. The highest BCUT2D eigenvalue weighted by molar-refractivity contribution is 6.04. The number of alkyl halides is 3. The van der Waals surface area contributed by atoms with Crippen molar-refractivity contribution < 1.29 is 18.0 Å². The number of benzene rings is 2. The number of halogens is 3. The second-order valence-electron chi connectivity index (χ2n) is 6.78. The third-order valence-corrected chi connectivity index (χ3v) is 4.17. The van der Waals surface area contributed by atoms with Crippen LogP contribution in [0.4, 0.5) is 36.2 Å². The third kappa shape index (κ3) is 5.25. The van der Waals surface area contributed by atoms with Gasteiger partial charge in [-0.1, -0.05) is 0 Å². The number of hydrogen-bond donors (Lipinski definition) is 2. The lowest BCUT2D eigenvalue weighted by atomic mass is 10.1. The van der Waals surface area contributed by atoms with Crippen LogP contribution in [0.1, 0.15) is 21.7 Å². The molecule has 0 aliphatic carbocycles. The Morgan fingerprint density at radius 2 is 1.53 bits per heavy atom. The van der Waals surface area contributed by atoms with E-state index in [-0.39, 0.29) is 5.56 Å². The first-order valence-electron chi connectivity index (χ1n) is 9.00. The van der Waals surface area contributed by atoms with Crippen molar-refractivity contribution in [2.45, 2.75) is 13.1 Å². The first kappa shape index (κ1) is 21.1. The monoisotopic (exact) mass is 415 g/mol. The average molecular weight is 415 g/mol. The molecule has 1 aromatic heterocycles. The predicted molar refractivity (Wildman–Crippen MR) is 110 cm³/mol. The zero-order chi connectivity index (χ0) is 21.9. The first-order valence-corrected chi connectivity index (χ1v) is 9.00. The van der Waals surface area contributed by atoms with Crippen LogP contribution in [0.25, 0.3) is 0 Å². The quantitative estimate of drug-likeness (QED) is 0.623. The lowest BCUT2D eigenvalue weighted by Crippen LogP contribution is -2.13. The van der Waals surface area contributed by atoms with Crippen molar-refractivity contribution >= 4 is 28.9 Å². The van der Waals surface area contributed by atoms with Crippen molar-refractivity contribution in [3.63, 3.8) is 0 Å². The summed E-state index contributed by atoms with van der Waals surface area (Å²) < 4.78 is 37.9. The minimum atomic E-state index is -4.44. The Morgan fingerprint density at radius 1 is 0.933 bits per heavy atom. The highest BCUT2D eigenvalue weighted by Gasteiger charge is 2.30. The van der Waals surface area contributed by atoms with E-state index >= 15 is 0 Å². The molecule has 0 spiro atoms. The van der Waals surface area contributed by atoms with Crippen molar-refractivity contribution in [2.24, 2.45) is 0 Å². The molecule has 2 aromatic carbocycles. The first-order chi connectivity index (χ1) is 14.1. The molecule has 0 radical (unpaired) electrons. The molecule has 9 heteroatoms. The van der Waals surface area contributed by atoms with E-state index < -0.39 is 17.6 Å². The van der Waals surface area contributed by atoms with Crippen LogP contribution in [0.15, 0.2) is 54.6 Å².